The van der Waals surface area contributed by atoms with E-state index < -0.39 is 17.6 Å². The molecule has 3 rings (SSSR count). The van der Waals surface area contributed by atoms with Crippen LogP contribution in [-0.2, 0) is 24.1 Å². The fraction of sp³-hybridized carbons (Fsp3) is 0.200. The number of aromatic nitrogens is 2. The fourth-order valence-corrected chi connectivity index (χ4v) is 3.65. The minimum atomic E-state index is -4.57. The van der Waals surface area contributed by atoms with Crippen molar-refractivity contribution in [3.63, 3.8) is 0 Å². The van der Waals surface area contributed by atoms with Crippen molar-refractivity contribution in [2.75, 3.05) is 11.1 Å². The van der Waals surface area contributed by atoms with Crippen molar-refractivity contribution in [1.82, 2.24) is 9.55 Å². The molecule has 30 heavy (non-hydrogen) atoms. The van der Waals surface area contributed by atoms with Crippen LogP contribution in [0.25, 0.3) is 0 Å². The number of thioether (sulfide) groups is 1. The van der Waals surface area contributed by atoms with Crippen molar-refractivity contribution in [2.24, 2.45) is 0 Å². The van der Waals surface area contributed by atoms with Crippen molar-refractivity contribution in [2.45, 2.75) is 24.5 Å². The molecule has 0 fully saturated rings. The number of hydrogen-bond donors (Lipinski definition) is 2. The molecule has 3 aromatic rings. The van der Waals surface area contributed by atoms with E-state index in [1.54, 1.807) is 16.7 Å². The number of para-hydroxylation sites is 1. The molecule has 0 radical (unpaired) electrons. The molecule has 0 unspecified atom stereocenters. The Hall–Kier alpha value is -2.49. The maximum absolute atomic E-state index is 13.1. The summed E-state index contributed by atoms with van der Waals surface area (Å²) in [5, 5.41) is 12.9. The number of amides is 1. The maximum atomic E-state index is 13.1. The molecule has 0 aliphatic rings. The third kappa shape index (κ3) is 5.56. The first-order valence-corrected chi connectivity index (χ1v) is 10.1. The highest BCUT2D eigenvalue weighted by Gasteiger charge is 2.33. The molecule has 2 N–H and O–H groups in total. The highest BCUT2D eigenvalue weighted by atomic mass is 35.5. The number of aliphatic hydroxyl groups is 1. The quantitative estimate of drug-likeness (QED) is 0.501. The lowest BCUT2D eigenvalue weighted by molar-refractivity contribution is -0.137. The van der Waals surface area contributed by atoms with Crippen LogP contribution in [0.15, 0.2) is 59.9 Å². The third-order valence-electron chi connectivity index (χ3n) is 4.16. The zero-order chi connectivity index (χ0) is 21.7. The number of carbonyl (C=O) groups is 1. The second kappa shape index (κ2) is 9.55. The molecule has 0 saturated heterocycles. The summed E-state index contributed by atoms with van der Waals surface area (Å²) >= 11 is 6.96. The first-order chi connectivity index (χ1) is 14.3. The summed E-state index contributed by atoms with van der Waals surface area (Å²) < 4.78 is 41.0. The first-order valence-electron chi connectivity index (χ1n) is 8.76. The Balaban J connectivity index is 1.70. The van der Waals surface area contributed by atoms with Gasteiger partial charge in [0.25, 0.3) is 0 Å². The topological polar surface area (TPSA) is 67.1 Å². The summed E-state index contributed by atoms with van der Waals surface area (Å²) in [5.41, 5.74) is 0.263. The summed E-state index contributed by atoms with van der Waals surface area (Å²) in [6, 6.07) is 11.9. The van der Waals surface area contributed by atoms with Crippen LogP contribution in [0.3, 0.4) is 0 Å². The largest absolute Gasteiger partial charge is 0.418 e. The van der Waals surface area contributed by atoms with Crippen LogP contribution in [-0.4, -0.2) is 26.3 Å². The lowest BCUT2D eigenvalue weighted by Gasteiger charge is -2.14. The second-order valence-electron chi connectivity index (χ2n) is 6.28. The van der Waals surface area contributed by atoms with Crippen molar-refractivity contribution in [3.05, 3.63) is 76.6 Å². The standard InChI is InChI=1S/C20H17ClF3N3O2S/c21-14-7-5-13(6-8-14)10-27-15(11-28)9-25-19(27)30-12-18(29)26-17-4-2-1-3-16(17)20(22,23)24/h1-9,28H,10-12H2,(H,26,29). The molecule has 0 bridgehead atoms. The Morgan fingerprint density at radius 3 is 2.53 bits per heavy atom. The zero-order valence-electron chi connectivity index (χ0n) is 15.5. The molecule has 0 spiro atoms. The van der Waals surface area contributed by atoms with E-state index in [1.165, 1.54) is 24.4 Å². The van der Waals surface area contributed by atoms with E-state index in [9.17, 15) is 23.1 Å². The monoisotopic (exact) mass is 455 g/mol. The number of nitrogens with zero attached hydrogens (tertiary/aromatic N) is 2. The van der Waals surface area contributed by atoms with E-state index in [1.807, 2.05) is 12.1 Å². The van der Waals surface area contributed by atoms with Crippen molar-refractivity contribution in [3.8, 4) is 0 Å². The van der Waals surface area contributed by atoms with Gasteiger partial charge in [-0.1, -0.05) is 47.6 Å². The van der Waals surface area contributed by atoms with Gasteiger partial charge in [-0.2, -0.15) is 13.2 Å². The number of nitrogens with one attached hydrogen (secondary N) is 1. The van der Waals surface area contributed by atoms with E-state index in [-0.39, 0.29) is 18.0 Å². The molecule has 0 aliphatic heterocycles. The van der Waals surface area contributed by atoms with Crippen molar-refractivity contribution >= 4 is 35.0 Å². The highest BCUT2D eigenvalue weighted by molar-refractivity contribution is 7.99. The smallest absolute Gasteiger partial charge is 0.390 e. The molecule has 2 aromatic carbocycles. The number of benzene rings is 2. The Bertz CT molecular complexity index is 1020. The van der Waals surface area contributed by atoms with E-state index in [2.05, 4.69) is 10.3 Å². The van der Waals surface area contributed by atoms with Crippen LogP contribution in [0.4, 0.5) is 18.9 Å². The highest BCUT2D eigenvalue weighted by Crippen LogP contribution is 2.34. The number of hydrogen-bond acceptors (Lipinski definition) is 4. The first kappa shape index (κ1) is 22.2. The normalized spacial score (nSPS) is 11.5. The van der Waals surface area contributed by atoms with Gasteiger partial charge in [-0.05, 0) is 29.8 Å². The number of aliphatic hydroxyl groups excluding tert-OH is 1. The van der Waals surface area contributed by atoms with E-state index >= 15 is 0 Å². The van der Waals surface area contributed by atoms with Crippen LogP contribution >= 0.6 is 23.4 Å². The molecular weight excluding hydrogens is 439 g/mol. The molecule has 1 amide bonds. The van der Waals surface area contributed by atoms with E-state index in [0.29, 0.717) is 22.4 Å². The van der Waals surface area contributed by atoms with Crippen LogP contribution in [0, 0.1) is 0 Å². The third-order valence-corrected chi connectivity index (χ3v) is 5.40. The van der Waals surface area contributed by atoms with Gasteiger partial charge in [0.1, 0.15) is 0 Å². The minimum absolute atomic E-state index is 0.144. The van der Waals surface area contributed by atoms with Gasteiger partial charge in [0.05, 0.1) is 35.5 Å². The summed E-state index contributed by atoms with van der Waals surface area (Å²) in [6.45, 7) is 0.153. The van der Waals surface area contributed by atoms with Gasteiger partial charge < -0.3 is 15.0 Å². The number of carbonyl (C=O) groups excluding carboxylic acids is 1. The molecule has 158 valence electrons. The second-order valence-corrected chi connectivity index (χ2v) is 7.66. The summed E-state index contributed by atoms with van der Waals surface area (Å²) in [4.78, 5) is 16.5. The minimum Gasteiger partial charge on any atom is -0.390 e. The molecule has 0 atom stereocenters. The maximum Gasteiger partial charge on any atom is 0.418 e. The summed E-state index contributed by atoms with van der Waals surface area (Å²) in [7, 11) is 0. The van der Waals surface area contributed by atoms with Crippen LogP contribution in [0.2, 0.25) is 5.02 Å². The molecule has 1 heterocycles. The molecule has 0 aliphatic carbocycles. The average Bonchev–Trinajstić information content (AvgIpc) is 3.09. The van der Waals surface area contributed by atoms with Crippen LogP contribution in [0.1, 0.15) is 16.8 Å². The summed E-state index contributed by atoms with van der Waals surface area (Å²) in [6.07, 6.45) is -3.07. The Labute approximate surface area is 179 Å². The van der Waals surface area contributed by atoms with Gasteiger partial charge in [0.2, 0.25) is 5.91 Å². The van der Waals surface area contributed by atoms with Gasteiger partial charge in [0, 0.05) is 11.6 Å². The SMILES string of the molecule is O=C(CSc1ncc(CO)n1Cc1ccc(Cl)cc1)Nc1ccccc1C(F)(F)F. The van der Waals surface area contributed by atoms with Crippen LogP contribution in [0.5, 0.6) is 0 Å². The number of halogens is 4. The predicted molar refractivity (Wildman–Crippen MR) is 110 cm³/mol. The van der Waals surface area contributed by atoms with E-state index in [4.69, 9.17) is 11.6 Å². The number of alkyl halides is 3. The van der Waals surface area contributed by atoms with Gasteiger partial charge >= 0.3 is 6.18 Å². The van der Waals surface area contributed by atoms with Crippen LogP contribution < -0.4 is 5.32 Å². The lowest BCUT2D eigenvalue weighted by atomic mass is 10.1. The molecular formula is C20H17ClF3N3O2S. The average molecular weight is 456 g/mol. The number of imidazole rings is 1. The zero-order valence-corrected chi connectivity index (χ0v) is 17.1. The van der Waals surface area contributed by atoms with Gasteiger partial charge in [-0.25, -0.2) is 4.98 Å². The van der Waals surface area contributed by atoms with Gasteiger partial charge in [0.15, 0.2) is 5.16 Å². The molecule has 5 nitrogen and oxygen atoms in total. The number of anilines is 1. The molecule has 10 heteroatoms. The molecule has 1 aromatic heterocycles. The fourth-order valence-electron chi connectivity index (χ4n) is 2.73. The van der Waals surface area contributed by atoms with Gasteiger partial charge in [-0.3, -0.25) is 4.79 Å². The van der Waals surface area contributed by atoms with Crippen molar-refractivity contribution < 1.29 is 23.1 Å². The number of rotatable bonds is 7. The lowest BCUT2D eigenvalue weighted by Crippen LogP contribution is -2.18. The van der Waals surface area contributed by atoms with Gasteiger partial charge in [-0.15, -0.1) is 0 Å². The Kier molecular flexibility index (Phi) is 7.06. The Morgan fingerprint density at radius 1 is 1.17 bits per heavy atom. The van der Waals surface area contributed by atoms with E-state index in [0.717, 1.165) is 23.4 Å². The Morgan fingerprint density at radius 2 is 1.87 bits per heavy atom. The molecule has 0 saturated carbocycles. The summed E-state index contributed by atoms with van der Waals surface area (Å²) in [5.74, 6) is -0.738. The predicted octanol–water partition coefficient (Wildman–Crippen LogP) is 4.83. The van der Waals surface area contributed by atoms with Crippen molar-refractivity contribution in [1.29, 1.82) is 0 Å².